The highest BCUT2D eigenvalue weighted by molar-refractivity contribution is 6.04. The molecule has 0 saturated carbocycles. The van der Waals surface area contributed by atoms with Crippen molar-refractivity contribution in [3.05, 3.63) is 83.8 Å². The Hall–Kier alpha value is -4.01. The highest BCUT2D eigenvalue weighted by Crippen LogP contribution is 2.36. The van der Waals surface area contributed by atoms with E-state index in [-0.39, 0.29) is 11.4 Å². The maximum Gasteiger partial charge on any atom is 0.418 e. The van der Waals surface area contributed by atoms with Gasteiger partial charge in [-0.15, -0.1) is 0 Å². The Balaban J connectivity index is 1.77. The lowest BCUT2D eigenvalue weighted by molar-refractivity contribution is -0.136. The molecule has 1 aromatic heterocycles. The molecule has 0 unspecified atom stereocenters. The van der Waals surface area contributed by atoms with Crippen molar-refractivity contribution < 1.29 is 31.9 Å². The molecule has 0 saturated heterocycles. The second-order valence-electron chi connectivity index (χ2n) is 6.29. The monoisotopic (exact) mass is 430 g/mol. The molecule has 3 aromatic rings. The zero-order valence-electron chi connectivity index (χ0n) is 16.2. The summed E-state index contributed by atoms with van der Waals surface area (Å²) in [5.41, 5.74) is -1.00. The molecule has 1 heterocycles. The van der Waals surface area contributed by atoms with Crippen LogP contribution in [0.3, 0.4) is 0 Å². The number of ether oxygens (including phenoxy) is 1. The van der Waals surface area contributed by atoms with Crippen molar-refractivity contribution in [2.24, 2.45) is 0 Å². The van der Waals surface area contributed by atoms with Gasteiger partial charge in [0.2, 0.25) is 5.91 Å². The second-order valence-corrected chi connectivity index (χ2v) is 6.29. The molecular formula is C22H17F3N2O4. The van der Waals surface area contributed by atoms with E-state index in [0.717, 1.165) is 18.2 Å². The minimum absolute atomic E-state index is 0.0476. The van der Waals surface area contributed by atoms with Crippen LogP contribution in [0.5, 0.6) is 5.75 Å². The normalized spacial score (nSPS) is 11.4. The Morgan fingerprint density at radius 3 is 2.52 bits per heavy atom. The third kappa shape index (κ3) is 5.75. The van der Waals surface area contributed by atoms with E-state index in [1.165, 1.54) is 37.6 Å². The van der Waals surface area contributed by atoms with E-state index in [2.05, 4.69) is 10.6 Å². The summed E-state index contributed by atoms with van der Waals surface area (Å²) in [5, 5.41) is 4.54. The predicted molar refractivity (Wildman–Crippen MR) is 109 cm³/mol. The number of furan rings is 1. The van der Waals surface area contributed by atoms with Crippen LogP contribution >= 0.6 is 0 Å². The molecule has 0 aliphatic carbocycles. The number of rotatable bonds is 6. The molecule has 2 N–H and O–H groups in total. The summed E-state index contributed by atoms with van der Waals surface area (Å²) in [7, 11) is 1.49. The number of anilines is 2. The second kappa shape index (κ2) is 9.21. The molecule has 0 aliphatic rings. The number of carbonyl (C=O) groups excluding carboxylic acids is 2. The van der Waals surface area contributed by atoms with E-state index in [1.54, 1.807) is 24.3 Å². The molecule has 0 spiro atoms. The van der Waals surface area contributed by atoms with Crippen LogP contribution in [0, 0.1) is 0 Å². The maximum absolute atomic E-state index is 13.5. The fraction of sp³-hybridized carbons (Fsp3) is 0.0909. The highest BCUT2D eigenvalue weighted by atomic mass is 19.4. The first-order valence-corrected chi connectivity index (χ1v) is 8.95. The standard InChI is InChI=1S/C22H17F3N2O4/c1-30-16-5-2-4-14(12-16)7-10-20(28)27-18-9-8-15(13-17(18)22(23,24)25)26-21(29)19-6-3-11-31-19/h2-13H,1H3,(H,26,29)(H,27,28)/b10-7+. The topological polar surface area (TPSA) is 80.6 Å². The van der Waals surface area contributed by atoms with Gasteiger partial charge in [0.05, 0.1) is 24.6 Å². The largest absolute Gasteiger partial charge is 0.497 e. The van der Waals surface area contributed by atoms with Gasteiger partial charge in [0.1, 0.15) is 5.75 Å². The van der Waals surface area contributed by atoms with Crippen molar-refractivity contribution >= 4 is 29.3 Å². The summed E-state index contributed by atoms with van der Waals surface area (Å²) in [4.78, 5) is 24.1. The Morgan fingerprint density at radius 2 is 1.84 bits per heavy atom. The van der Waals surface area contributed by atoms with Crippen LogP contribution in [0.25, 0.3) is 6.08 Å². The van der Waals surface area contributed by atoms with Crippen LogP contribution in [-0.2, 0) is 11.0 Å². The van der Waals surface area contributed by atoms with E-state index in [4.69, 9.17) is 9.15 Å². The van der Waals surface area contributed by atoms with Gasteiger partial charge in [0, 0.05) is 11.8 Å². The third-order valence-electron chi connectivity index (χ3n) is 4.11. The average molecular weight is 430 g/mol. The summed E-state index contributed by atoms with van der Waals surface area (Å²) in [6.07, 6.45) is -0.928. The van der Waals surface area contributed by atoms with Crippen molar-refractivity contribution in [1.82, 2.24) is 0 Å². The van der Waals surface area contributed by atoms with E-state index in [0.29, 0.717) is 11.3 Å². The van der Waals surface area contributed by atoms with Crippen LogP contribution in [-0.4, -0.2) is 18.9 Å². The summed E-state index contributed by atoms with van der Waals surface area (Å²) < 4.78 is 50.5. The van der Waals surface area contributed by atoms with Gasteiger partial charge < -0.3 is 19.8 Å². The Labute approximate surface area is 175 Å². The zero-order valence-corrected chi connectivity index (χ0v) is 16.2. The van der Waals surface area contributed by atoms with Gasteiger partial charge in [0.25, 0.3) is 5.91 Å². The minimum Gasteiger partial charge on any atom is -0.497 e. The number of halogens is 3. The summed E-state index contributed by atoms with van der Waals surface area (Å²) in [6, 6.07) is 12.7. The van der Waals surface area contributed by atoms with E-state index in [9.17, 15) is 22.8 Å². The van der Waals surface area contributed by atoms with Crippen LogP contribution in [0.4, 0.5) is 24.5 Å². The minimum atomic E-state index is -4.76. The predicted octanol–water partition coefficient (Wildman–Crippen LogP) is 5.21. The van der Waals surface area contributed by atoms with Gasteiger partial charge in [-0.05, 0) is 54.1 Å². The number of benzene rings is 2. The fourth-order valence-electron chi connectivity index (χ4n) is 2.66. The van der Waals surface area contributed by atoms with Crippen molar-refractivity contribution in [2.45, 2.75) is 6.18 Å². The van der Waals surface area contributed by atoms with Gasteiger partial charge in [-0.1, -0.05) is 12.1 Å². The van der Waals surface area contributed by atoms with Crippen molar-refractivity contribution in [3.8, 4) is 5.75 Å². The summed E-state index contributed by atoms with van der Waals surface area (Å²) in [5.74, 6) is -0.917. The Morgan fingerprint density at radius 1 is 1.03 bits per heavy atom. The maximum atomic E-state index is 13.5. The van der Waals surface area contributed by atoms with E-state index < -0.39 is 29.2 Å². The number of hydrogen-bond donors (Lipinski definition) is 2. The highest BCUT2D eigenvalue weighted by Gasteiger charge is 2.34. The lowest BCUT2D eigenvalue weighted by Gasteiger charge is -2.15. The molecule has 6 nitrogen and oxygen atoms in total. The molecule has 3 rings (SSSR count). The fourth-order valence-corrected chi connectivity index (χ4v) is 2.66. The number of amides is 2. The zero-order chi connectivity index (χ0) is 22.4. The molecule has 0 bridgehead atoms. The van der Waals surface area contributed by atoms with Crippen LogP contribution < -0.4 is 15.4 Å². The number of nitrogens with one attached hydrogen (secondary N) is 2. The van der Waals surface area contributed by atoms with Crippen molar-refractivity contribution in [1.29, 1.82) is 0 Å². The first-order valence-electron chi connectivity index (χ1n) is 8.95. The third-order valence-corrected chi connectivity index (χ3v) is 4.11. The molecule has 0 fully saturated rings. The van der Waals surface area contributed by atoms with Crippen molar-refractivity contribution in [2.75, 3.05) is 17.7 Å². The molecule has 2 aromatic carbocycles. The van der Waals surface area contributed by atoms with Crippen LogP contribution in [0.2, 0.25) is 0 Å². The lowest BCUT2D eigenvalue weighted by Crippen LogP contribution is -2.16. The molecule has 0 aliphatic heterocycles. The molecule has 160 valence electrons. The molecular weight excluding hydrogens is 413 g/mol. The van der Waals surface area contributed by atoms with Gasteiger partial charge in [0.15, 0.2) is 5.76 Å². The summed E-state index contributed by atoms with van der Waals surface area (Å²) >= 11 is 0. The Bertz CT molecular complexity index is 1110. The van der Waals surface area contributed by atoms with Gasteiger partial charge >= 0.3 is 6.18 Å². The molecule has 31 heavy (non-hydrogen) atoms. The smallest absolute Gasteiger partial charge is 0.418 e. The first-order chi connectivity index (χ1) is 14.8. The van der Waals surface area contributed by atoms with Gasteiger partial charge in [-0.25, -0.2) is 0 Å². The first kappa shape index (κ1) is 21.7. The number of carbonyl (C=O) groups is 2. The quantitative estimate of drug-likeness (QED) is 0.526. The van der Waals surface area contributed by atoms with E-state index in [1.807, 2.05) is 0 Å². The Kier molecular flexibility index (Phi) is 6.44. The SMILES string of the molecule is COc1cccc(/C=C/C(=O)Nc2ccc(NC(=O)c3ccco3)cc2C(F)(F)F)c1. The molecule has 0 atom stereocenters. The average Bonchev–Trinajstić information content (AvgIpc) is 3.28. The molecule has 9 heteroatoms. The number of methoxy groups -OCH3 is 1. The number of alkyl halides is 3. The van der Waals surface area contributed by atoms with E-state index >= 15 is 0 Å². The molecule has 0 radical (unpaired) electrons. The van der Waals surface area contributed by atoms with Gasteiger partial charge in [-0.2, -0.15) is 13.2 Å². The van der Waals surface area contributed by atoms with Crippen molar-refractivity contribution in [3.63, 3.8) is 0 Å². The lowest BCUT2D eigenvalue weighted by atomic mass is 10.1. The number of hydrogen-bond acceptors (Lipinski definition) is 4. The van der Waals surface area contributed by atoms with Crippen LogP contribution in [0.15, 0.2) is 71.4 Å². The summed E-state index contributed by atoms with van der Waals surface area (Å²) in [6.45, 7) is 0. The molecule has 2 amide bonds. The van der Waals surface area contributed by atoms with Gasteiger partial charge in [-0.3, -0.25) is 9.59 Å². The van der Waals surface area contributed by atoms with Crippen LogP contribution in [0.1, 0.15) is 21.7 Å².